The number of hydrogen-bond donors (Lipinski definition) is 0. The van der Waals surface area contributed by atoms with Crippen molar-refractivity contribution >= 4 is 21.9 Å². The molecule has 0 aromatic carbocycles. The first-order valence-corrected chi connectivity index (χ1v) is 5.66. The number of methoxy groups -OCH3 is 1. The second-order valence-corrected chi connectivity index (χ2v) is 4.04. The van der Waals surface area contributed by atoms with Crippen molar-refractivity contribution in [1.29, 1.82) is 0 Å². The largest absolute Gasteiger partial charge is 0.465 e. The van der Waals surface area contributed by atoms with Crippen molar-refractivity contribution in [2.45, 2.75) is 0 Å². The number of carbonyl (C=O) groups is 1. The zero-order valence-electron chi connectivity index (χ0n) is 9.05. The topological polar surface area (TPSA) is 52.1 Å². The lowest BCUT2D eigenvalue weighted by molar-refractivity contribution is 0.0599. The molecule has 86 valence electrons. The van der Waals surface area contributed by atoms with Crippen LogP contribution in [0.5, 0.6) is 0 Å². The van der Waals surface area contributed by atoms with Crippen LogP contribution in [0.15, 0.2) is 41.4 Å². The summed E-state index contributed by atoms with van der Waals surface area (Å²) in [6.45, 7) is 0. The molecule has 0 aliphatic carbocycles. The lowest BCUT2D eigenvalue weighted by atomic mass is 10.1. The van der Waals surface area contributed by atoms with E-state index >= 15 is 0 Å². The highest BCUT2D eigenvalue weighted by atomic mass is 79.9. The first-order valence-electron chi connectivity index (χ1n) is 4.86. The van der Waals surface area contributed by atoms with Gasteiger partial charge in [0.2, 0.25) is 0 Å². The minimum Gasteiger partial charge on any atom is -0.465 e. The molecule has 2 aromatic heterocycles. The van der Waals surface area contributed by atoms with Crippen LogP contribution in [-0.2, 0) is 4.74 Å². The second kappa shape index (κ2) is 5.05. The number of esters is 1. The van der Waals surface area contributed by atoms with Gasteiger partial charge in [-0.3, -0.25) is 4.98 Å². The quantitative estimate of drug-likeness (QED) is 0.631. The molecular weight excluding hydrogens is 284 g/mol. The summed E-state index contributed by atoms with van der Waals surface area (Å²) in [7, 11) is 1.34. The SMILES string of the molecule is COC(=O)c1cc(-c2ccncc2)cnc1Br. The fraction of sp³-hybridized carbons (Fsp3) is 0.0833. The Morgan fingerprint density at radius 3 is 2.65 bits per heavy atom. The summed E-state index contributed by atoms with van der Waals surface area (Å²) >= 11 is 3.22. The van der Waals surface area contributed by atoms with Crippen LogP contribution in [0.2, 0.25) is 0 Å². The normalized spacial score (nSPS) is 10.0. The van der Waals surface area contributed by atoms with Crippen LogP contribution in [0, 0.1) is 0 Å². The zero-order chi connectivity index (χ0) is 12.3. The van der Waals surface area contributed by atoms with Crippen LogP contribution >= 0.6 is 15.9 Å². The molecule has 0 saturated heterocycles. The molecule has 0 radical (unpaired) electrons. The van der Waals surface area contributed by atoms with Crippen molar-refractivity contribution in [3.63, 3.8) is 0 Å². The van der Waals surface area contributed by atoms with E-state index in [1.54, 1.807) is 24.7 Å². The molecule has 0 aliphatic rings. The Bertz CT molecular complexity index is 543. The molecule has 2 heterocycles. The standard InChI is InChI=1S/C12H9BrN2O2/c1-17-12(16)10-6-9(7-15-11(10)13)8-2-4-14-5-3-8/h2-7H,1H3. The van der Waals surface area contributed by atoms with Crippen molar-refractivity contribution in [1.82, 2.24) is 9.97 Å². The predicted octanol–water partition coefficient (Wildman–Crippen LogP) is 2.69. The molecule has 0 spiro atoms. The average Bonchev–Trinajstić information content (AvgIpc) is 2.39. The third-order valence-electron chi connectivity index (χ3n) is 2.26. The molecule has 2 aromatic rings. The Balaban J connectivity index is 2.48. The lowest BCUT2D eigenvalue weighted by Crippen LogP contribution is -2.03. The van der Waals surface area contributed by atoms with Gasteiger partial charge >= 0.3 is 5.97 Å². The predicted molar refractivity (Wildman–Crippen MR) is 66.5 cm³/mol. The third-order valence-corrected chi connectivity index (χ3v) is 2.89. The molecule has 0 amide bonds. The van der Waals surface area contributed by atoms with E-state index in [-0.39, 0.29) is 0 Å². The Labute approximate surface area is 107 Å². The van der Waals surface area contributed by atoms with Crippen LogP contribution in [0.4, 0.5) is 0 Å². The molecule has 17 heavy (non-hydrogen) atoms. The summed E-state index contributed by atoms with van der Waals surface area (Å²) in [6, 6.07) is 5.44. The maximum Gasteiger partial charge on any atom is 0.340 e. The number of pyridine rings is 2. The van der Waals surface area contributed by atoms with Gasteiger partial charge in [-0.25, -0.2) is 9.78 Å². The van der Waals surface area contributed by atoms with Gasteiger partial charge in [0, 0.05) is 24.2 Å². The highest BCUT2D eigenvalue weighted by Crippen LogP contribution is 2.23. The minimum absolute atomic E-state index is 0.404. The first-order chi connectivity index (χ1) is 8.22. The molecule has 0 saturated carbocycles. The second-order valence-electron chi connectivity index (χ2n) is 3.29. The molecule has 0 fully saturated rings. The van der Waals surface area contributed by atoms with Crippen LogP contribution in [0.3, 0.4) is 0 Å². The summed E-state index contributed by atoms with van der Waals surface area (Å²) in [6.07, 6.45) is 5.07. The Morgan fingerprint density at radius 1 is 1.29 bits per heavy atom. The van der Waals surface area contributed by atoms with Crippen molar-refractivity contribution in [3.8, 4) is 11.1 Å². The summed E-state index contributed by atoms with van der Waals surface area (Å²) in [4.78, 5) is 19.6. The number of hydrogen-bond acceptors (Lipinski definition) is 4. The van der Waals surface area contributed by atoms with Crippen LogP contribution in [0.1, 0.15) is 10.4 Å². The summed E-state index contributed by atoms with van der Waals surface area (Å²) in [5.41, 5.74) is 2.20. The highest BCUT2D eigenvalue weighted by Gasteiger charge is 2.12. The smallest absolute Gasteiger partial charge is 0.340 e. The third kappa shape index (κ3) is 2.50. The van der Waals surface area contributed by atoms with Gasteiger partial charge < -0.3 is 4.74 Å². The molecule has 0 atom stereocenters. The van der Waals surface area contributed by atoms with Gasteiger partial charge in [0.15, 0.2) is 0 Å². The number of ether oxygens (including phenoxy) is 1. The summed E-state index contributed by atoms with van der Waals surface area (Å²) in [5, 5.41) is 0. The maximum atomic E-state index is 11.5. The van der Waals surface area contributed by atoms with Gasteiger partial charge in [-0.15, -0.1) is 0 Å². The summed E-state index contributed by atoms with van der Waals surface area (Å²) < 4.78 is 5.16. The molecule has 5 heteroatoms. The van der Waals surface area contributed by atoms with Gasteiger partial charge in [0.1, 0.15) is 4.60 Å². The number of nitrogens with zero attached hydrogens (tertiary/aromatic N) is 2. The molecular formula is C12H9BrN2O2. The number of halogens is 1. The minimum atomic E-state index is -0.416. The zero-order valence-corrected chi connectivity index (χ0v) is 10.6. The maximum absolute atomic E-state index is 11.5. The number of rotatable bonds is 2. The van der Waals surface area contributed by atoms with Gasteiger partial charge in [-0.1, -0.05) is 0 Å². The van der Waals surface area contributed by atoms with Gasteiger partial charge in [-0.05, 0) is 39.7 Å². The van der Waals surface area contributed by atoms with Gasteiger partial charge in [0.25, 0.3) is 0 Å². The average molecular weight is 293 g/mol. The number of carbonyl (C=O) groups excluding carboxylic acids is 1. The van der Waals surface area contributed by atoms with Crippen LogP contribution < -0.4 is 0 Å². The van der Waals surface area contributed by atoms with E-state index in [1.807, 2.05) is 12.1 Å². The molecule has 0 aliphatic heterocycles. The Kier molecular flexibility index (Phi) is 3.49. The summed E-state index contributed by atoms with van der Waals surface area (Å²) in [5.74, 6) is -0.416. The van der Waals surface area contributed by atoms with Crippen LogP contribution in [-0.4, -0.2) is 23.0 Å². The van der Waals surface area contributed by atoms with Crippen molar-refractivity contribution in [2.75, 3.05) is 7.11 Å². The van der Waals surface area contributed by atoms with E-state index in [2.05, 4.69) is 30.6 Å². The van der Waals surface area contributed by atoms with E-state index in [4.69, 9.17) is 0 Å². The van der Waals surface area contributed by atoms with Crippen molar-refractivity contribution < 1.29 is 9.53 Å². The molecule has 4 nitrogen and oxygen atoms in total. The van der Waals surface area contributed by atoms with E-state index < -0.39 is 5.97 Å². The van der Waals surface area contributed by atoms with E-state index in [0.29, 0.717) is 10.2 Å². The Hall–Kier alpha value is -1.75. The van der Waals surface area contributed by atoms with E-state index in [9.17, 15) is 4.79 Å². The van der Waals surface area contributed by atoms with Gasteiger partial charge in [0.05, 0.1) is 12.7 Å². The van der Waals surface area contributed by atoms with Crippen molar-refractivity contribution in [3.05, 3.63) is 47.0 Å². The first kappa shape index (κ1) is 11.7. The molecule has 0 bridgehead atoms. The fourth-order valence-corrected chi connectivity index (χ4v) is 1.78. The molecule has 2 rings (SSSR count). The van der Waals surface area contributed by atoms with Gasteiger partial charge in [-0.2, -0.15) is 0 Å². The molecule has 0 unspecified atom stereocenters. The van der Waals surface area contributed by atoms with E-state index in [1.165, 1.54) is 7.11 Å². The van der Waals surface area contributed by atoms with Crippen LogP contribution in [0.25, 0.3) is 11.1 Å². The fourth-order valence-electron chi connectivity index (χ4n) is 1.40. The Morgan fingerprint density at radius 2 is 2.00 bits per heavy atom. The van der Waals surface area contributed by atoms with E-state index in [0.717, 1.165) is 11.1 Å². The lowest BCUT2D eigenvalue weighted by Gasteiger charge is -2.05. The molecule has 0 N–H and O–H groups in total. The number of aromatic nitrogens is 2. The van der Waals surface area contributed by atoms with Crippen molar-refractivity contribution in [2.24, 2.45) is 0 Å². The monoisotopic (exact) mass is 292 g/mol. The highest BCUT2D eigenvalue weighted by molar-refractivity contribution is 9.10.